The Morgan fingerprint density at radius 3 is 2.70 bits per heavy atom. The van der Waals surface area contributed by atoms with E-state index in [9.17, 15) is 19.7 Å². The highest BCUT2D eigenvalue weighted by atomic mass is 16.6. The molecule has 1 amide bonds. The first kappa shape index (κ1) is 15.0. The van der Waals surface area contributed by atoms with Crippen molar-refractivity contribution in [1.29, 1.82) is 0 Å². The smallest absolute Gasteiger partial charge is 0.308 e. The summed E-state index contributed by atoms with van der Waals surface area (Å²) in [5, 5.41) is 20.4. The molecule has 0 aliphatic carbocycles. The molecule has 1 saturated heterocycles. The average Bonchev–Trinajstić information content (AvgIpc) is 3.08. The van der Waals surface area contributed by atoms with Crippen LogP contribution < -0.4 is 0 Å². The van der Waals surface area contributed by atoms with Crippen LogP contribution in [0.5, 0.6) is 0 Å². The SMILES string of the molecule is C[C@@H]1CN(C(=O)c2cc3cc([N+](=O)[O-])ccc3o2)C[C@H]1C(=O)O. The number of carbonyl (C=O) groups is 2. The zero-order chi connectivity index (χ0) is 16.7. The number of likely N-dealkylation sites (tertiary alicyclic amines) is 1. The van der Waals surface area contributed by atoms with Crippen molar-refractivity contribution in [3.05, 3.63) is 40.1 Å². The van der Waals surface area contributed by atoms with Crippen LogP contribution in [-0.4, -0.2) is 39.9 Å². The van der Waals surface area contributed by atoms with Gasteiger partial charge in [0, 0.05) is 30.6 Å². The highest BCUT2D eigenvalue weighted by molar-refractivity contribution is 5.97. The molecular formula is C15H14N2O6. The van der Waals surface area contributed by atoms with Crippen LogP contribution in [0.25, 0.3) is 11.0 Å². The van der Waals surface area contributed by atoms with Gasteiger partial charge in [-0.15, -0.1) is 0 Å². The summed E-state index contributed by atoms with van der Waals surface area (Å²) >= 11 is 0. The number of furan rings is 1. The minimum absolute atomic E-state index is 0.0544. The number of nitrogens with zero attached hydrogens (tertiary/aromatic N) is 2. The van der Waals surface area contributed by atoms with E-state index in [1.807, 2.05) is 0 Å². The second-order valence-electron chi connectivity index (χ2n) is 5.72. The summed E-state index contributed by atoms with van der Waals surface area (Å²) in [7, 11) is 0. The summed E-state index contributed by atoms with van der Waals surface area (Å²) in [4.78, 5) is 35.3. The molecule has 0 unspecified atom stereocenters. The molecule has 2 heterocycles. The maximum atomic E-state index is 12.5. The van der Waals surface area contributed by atoms with Crippen molar-refractivity contribution in [2.75, 3.05) is 13.1 Å². The van der Waals surface area contributed by atoms with E-state index in [1.165, 1.54) is 29.2 Å². The van der Waals surface area contributed by atoms with Gasteiger partial charge in [0.25, 0.3) is 11.6 Å². The Kier molecular flexibility index (Phi) is 3.51. The monoisotopic (exact) mass is 318 g/mol. The molecule has 120 valence electrons. The van der Waals surface area contributed by atoms with Gasteiger partial charge < -0.3 is 14.4 Å². The third-order valence-corrected chi connectivity index (χ3v) is 4.14. The van der Waals surface area contributed by atoms with Crippen LogP contribution in [0.2, 0.25) is 0 Å². The van der Waals surface area contributed by atoms with Gasteiger partial charge in [0.15, 0.2) is 5.76 Å². The normalized spacial score (nSPS) is 20.8. The van der Waals surface area contributed by atoms with Gasteiger partial charge in [-0.1, -0.05) is 6.92 Å². The summed E-state index contributed by atoms with van der Waals surface area (Å²) in [6, 6.07) is 5.53. The number of carboxylic acid groups (broad SMARTS) is 1. The van der Waals surface area contributed by atoms with E-state index in [0.717, 1.165) is 0 Å². The van der Waals surface area contributed by atoms with E-state index < -0.39 is 22.7 Å². The Morgan fingerprint density at radius 2 is 2.09 bits per heavy atom. The van der Waals surface area contributed by atoms with Crippen molar-refractivity contribution < 1.29 is 24.0 Å². The maximum Gasteiger partial charge on any atom is 0.308 e. The summed E-state index contributed by atoms with van der Waals surface area (Å²) in [5.74, 6) is -2.00. The van der Waals surface area contributed by atoms with E-state index in [0.29, 0.717) is 17.5 Å². The Hall–Kier alpha value is -2.90. The number of rotatable bonds is 3. The fourth-order valence-electron chi connectivity index (χ4n) is 2.86. The number of amides is 1. The number of aliphatic carboxylic acids is 1. The van der Waals surface area contributed by atoms with Gasteiger partial charge in [0.2, 0.25) is 0 Å². The lowest BCUT2D eigenvalue weighted by molar-refractivity contribution is -0.384. The van der Waals surface area contributed by atoms with Crippen molar-refractivity contribution in [1.82, 2.24) is 4.90 Å². The first-order valence-corrected chi connectivity index (χ1v) is 7.07. The fourth-order valence-corrected chi connectivity index (χ4v) is 2.86. The molecule has 1 fully saturated rings. The molecule has 0 bridgehead atoms. The van der Waals surface area contributed by atoms with E-state index in [4.69, 9.17) is 9.52 Å². The number of benzene rings is 1. The topological polar surface area (TPSA) is 114 Å². The van der Waals surface area contributed by atoms with Gasteiger partial charge >= 0.3 is 5.97 Å². The van der Waals surface area contributed by atoms with Crippen LogP contribution in [-0.2, 0) is 4.79 Å². The molecule has 1 aromatic heterocycles. The lowest BCUT2D eigenvalue weighted by Gasteiger charge is -2.13. The Morgan fingerprint density at radius 1 is 1.35 bits per heavy atom. The Labute approximate surface area is 130 Å². The third-order valence-electron chi connectivity index (χ3n) is 4.14. The predicted molar refractivity (Wildman–Crippen MR) is 79.1 cm³/mol. The third kappa shape index (κ3) is 2.63. The van der Waals surface area contributed by atoms with Gasteiger partial charge in [-0.25, -0.2) is 0 Å². The maximum absolute atomic E-state index is 12.5. The van der Waals surface area contributed by atoms with Crippen molar-refractivity contribution in [3.8, 4) is 0 Å². The number of nitro benzene ring substituents is 1. The number of carbonyl (C=O) groups excluding carboxylic acids is 1. The zero-order valence-corrected chi connectivity index (χ0v) is 12.3. The molecule has 2 aromatic rings. The van der Waals surface area contributed by atoms with Crippen LogP contribution >= 0.6 is 0 Å². The largest absolute Gasteiger partial charge is 0.481 e. The lowest BCUT2D eigenvalue weighted by Crippen LogP contribution is -2.29. The quantitative estimate of drug-likeness (QED) is 0.685. The molecule has 3 rings (SSSR count). The second-order valence-corrected chi connectivity index (χ2v) is 5.72. The van der Waals surface area contributed by atoms with Crippen LogP contribution in [0.1, 0.15) is 17.5 Å². The molecule has 23 heavy (non-hydrogen) atoms. The number of hydrogen-bond acceptors (Lipinski definition) is 5. The molecule has 8 nitrogen and oxygen atoms in total. The molecular weight excluding hydrogens is 304 g/mol. The van der Waals surface area contributed by atoms with Crippen molar-refractivity contribution in [2.24, 2.45) is 11.8 Å². The fraction of sp³-hybridized carbons (Fsp3) is 0.333. The van der Waals surface area contributed by atoms with Gasteiger partial charge in [-0.05, 0) is 18.1 Å². The molecule has 2 atom stereocenters. The molecule has 0 saturated carbocycles. The molecule has 0 spiro atoms. The van der Waals surface area contributed by atoms with E-state index in [-0.39, 0.29) is 23.9 Å². The number of non-ortho nitro benzene ring substituents is 1. The molecule has 8 heteroatoms. The van der Waals surface area contributed by atoms with Gasteiger partial charge in [0.1, 0.15) is 5.58 Å². The Balaban J connectivity index is 1.87. The second kappa shape index (κ2) is 5.38. The molecule has 1 aliphatic heterocycles. The minimum atomic E-state index is -0.923. The summed E-state index contributed by atoms with van der Waals surface area (Å²) < 4.78 is 5.45. The van der Waals surface area contributed by atoms with Gasteiger partial charge in [-0.3, -0.25) is 19.7 Å². The Bertz CT molecular complexity index is 811. The van der Waals surface area contributed by atoms with Gasteiger partial charge in [0.05, 0.1) is 10.8 Å². The summed E-state index contributed by atoms with van der Waals surface area (Å²) in [6.45, 7) is 2.26. The first-order chi connectivity index (χ1) is 10.9. The molecule has 1 N–H and O–H groups in total. The van der Waals surface area contributed by atoms with Crippen molar-refractivity contribution in [3.63, 3.8) is 0 Å². The number of carboxylic acids is 1. The van der Waals surface area contributed by atoms with E-state index in [2.05, 4.69) is 0 Å². The summed E-state index contributed by atoms with van der Waals surface area (Å²) in [6.07, 6.45) is 0. The van der Waals surface area contributed by atoms with Crippen molar-refractivity contribution >= 4 is 28.5 Å². The van der Waals surface area contributed by atoms with Crippen LogP contribution in [0, 0.1) is 22.0 Å². The van der Waals surface area contributed by atoms with Crippen molar-refractivity contribution in [2.45, 2.75) is 6.92 Å². The zero-order valence-electron chi connectivity index (χ0n) is 12.3. The van der Waals surface area contributed by atoms with E-state index in [1.54, 1.807) is 6.92 Å². The summed E-state index contributed by atoms with van der Waals surface area (Å²) in [5.41, 5.74) is 0.291. The standard InChI is InChI=1S/C15H14N2O6/c1-8-6-16(7-11(8)15(19)20)14(18)13-5-9-4-10(17(21)22)2-3-12(9)23-13/h2-5,8,11H,6-7H2,1H3,(H,19,20)/t8-,11-/m1/s1. The molecule has 0 radical (unpaired) electrons. The number of hydrogen-bond donors (Lipinski definition) is 1. The number of fused-ring (bicyclic) bond motifs is 1. The van der Waals surface area contributed by atoms with Crippen LogP contribution in [0.4, 0.5) is 5.69 Å². The number of nitro groups is 1. The lowest BCUT2D eigenvalue weighted by atomic mass is 9.99. The van der Waals surface area contributed by atoms with Crippen LogP contribution in [0.15, 0.2) is 28.7 Å². The molecule has 1 aliphatic rings. The van der Waals surface area contributed by atoms with Crippen LogP contribution in [0.3, 0.4) is 0 Å². The average molecular weight is 318 g/mol. The molecule has 1 aromatic carbocycles. The predicted octanol–water partition coefficient (Wildman–Crippen LogP) is 2.13. The highest BCUT2D eigenvalue weighted by Crippen LogP contribution is 2.28. The van der Waals surface area contributed by atoms with E-state index >= 15 is 0 Å². The minimum Gasteiger partial charge on any atom is -0.481 e. The highest BCUT2D eigenvalue weighted by Gasteiger charge is 2.38. The first-order valence-electron chi connectivity index (χ1n) is 7.07. The van der Waals surface area contributed by atoms with Gasteiger partial charge in [-0.2, -0.15) is 0 Å².